The van der Waals surface area contributed by atoms with Crippen molar-refractivity contribution in [2.75, 3.05) is 0 Å². The van der Waals surface area contributed by atoms with E-state index < -0.39 is 0 Å². The van der Waals surface area contributed by atoms with Crippen LogP contribution in [0.1, 0.15) is 11.1 Å². The predicted molar refractivity (Wildman–Crippen MR) is 35.6 cm³/mol. The van der Waals surface area contributed by atoms with E-state index in [9.17, 15) is 0 Å². The number of aryl methyl sites for hydroxylation is 1. The summed E-state index contributed by atoms with van der Waals surface area (Å²) in [5, 5.41) is 0. The Morgan fingerprint density at radius 2 is 2.00 bits per heavy atom. The van der Waals surface area contributed by atoms with Gasteiger partial charge in [-0.15, -0.1) is 11.6 Å². The minimum absolute atomic E-state index is 0. The van der Waals surface area contributed by atoms with Crippen LogP contribution < -0.4 is 18.9 Å². The molecule has 0 aliphatic carbocycles. The number of benzene rings is 1. The summed E-state index contributed by atoms with van der Waals surface area (Å²) < 4.78 is 0. The molecule has 0 unspecified atom stereocenters. The molecule has 0 aliphatic heterocycles. The Balaban J connectivity index is 0.000000640. The van der Waals surface area contributed by atoms with Gasteiger partial charge < -0.3 is 0 Å². The summed E-state index contributed by atoms with van der Waals surface area (Å²) in [5.74, 6) is 0. The standard InChI is InChI=1S/C8H9.Li/c1-7-4-3-5-8(2)6-7;/h3-6H,1H2,2H3;/q-1;+1. The van der Waals surface area contributed by atoms with Gasteiger partial charge in [-0.25, -0.2) is 0 Å². The van der Waals surface area contributed by atoms with E-state index >= 15 is 0 Å². The van der Waals surface area contributed by atoms with E-state index in [1.54, 1.807) is 0 Å². The molecule has 0 saturated carbocycles. The average molecular weight is 112 g/mol. The molecule has 0 atom stereocenters. The predicted octanol–water partition coefficient (Wildman–Crippen LogP) is -0.819. The van der Waals surface area contributed by atoms with Crippen LogP contribution >= 0.6 is 0 Å². The Hall–Kier alpha value is -0.313. The molecule has 0 bridgehead atoms. The van der Waals surface area contributed by atoms with Crippen LogP contribution in [0, 0.1) is 13.8 Å². The van der Waals surface area contributed by atoms with Gasteiger partial charge in [0.1, 0.15) is 0 Å². The Labute approximate surface area is 68.5 Å². The van der Waals surface area contributed by atoms with Crippen LogP contribution in [-0.4, -0.2) is 0 Å². The molecule has 9 heavy (non-hydrogen) atoms. The van der Waals surface area contributed by atoms with Crippen molar-refractivity contribution in [3.8, 4) is 0 Å². The fraction of sp³-hybridized carbons (Fsp3) is 0.125. The zero-order valence-electron chi connectivity index (χ0n) is 6.02. The Bertz CT molecular complexity index is 164. The van der Waals surface area contributed by atoms with Crippen LogP contribution in [0.2, 0.25) is 0 Å². The normalized spacial score (nSPS) is 8.11. The molecule has 42 valence electrons. The Kier molecular flexibility index (Phi) is 3.54. The van der Waals surface area contributed by atoms with Crippen molar-refractivity contribution in [3.63, 3.8) is 0 Å². The molecular formula is C8H9Li. The van der Waals surface area contributed by atoms with E-state index in [1.807, 2.05) is 12.1 Å². The van der Waals surface area contributed by atoms with Gasteiger partial charge >= 0.3 is 18.9 Å². The van der Waals surface area contributed by atoms with Crippen LogP contribution in [-0.2, 0) is 0 Å². The second-order valence-electron chi connectivity index (χ2n) is 1.99. The van der Waals surface area contributed by atoms with Gasteiger partial charge in [0.2, 0.25) is 0 Å². The second kappa shape index (κ2) is 3.66. The van der Waals surface area contributed by atoms with Gasteiger partial charge in [0.25, 0.3) is 0 Å². The SMILES string of the molecule is [CH2-]c1cccc(C)c1.[Li+]. The van der Waals surface area contributed by atoms with E-state index in [0.717, 1.165) is 5.56 Å². The van der Waals surface area contributed by atoms with Gasteiger partial charge in [0.05, 0.1) is 0 Å². The van der Waals surface area contributed by atoms with Gasteiger partial charge in [0.15, 0.2) is 0 Å². The fourth-order valence-electron chi connectivity index (χ4n) is 0.712. The van der Waals surface area contributed by atoms with Crippen molar-refractivity contribution in [2.45, 2.75) is 6.92 Å². The van der Waals surface area contributed by atoms with Crippen LogP contribution in [0.15, 0.2) is 24.3 Å². The number of hydrogen-bond donors (Lipinski definition) is 0. The maximum Gasteiger partial charge on any atom is 1.00 e. The van der Waals surface area contributed by atoms with Gasteiger partial charge in [-0.1, -0.05) is 13.0 Å². The molecule has 0 fully saturated rings. The third-order valence-corrected chi connectivity index (χ3v) is 1.08. The zero-order valence-corrected chi connectivity index (χ0v) is 6.02. The van der Waals surface area contributed by atoms with Gasteiger partial charge in [-0.3, -0.25) is 0 Å². The zero-order chi connectivity index (χ0) is 5.98. The molecule has 0 radical (unpaired) electrons. The van der Waals surface area contributed by atoms with Crippen molar-refractivity contribution in [1.29, 1.82) is 0 Å². The minimum Gasteiger partial charge on any atom is -0.199 e. The number of rotatable bonds is 0. The first-order chi connectivity index (χ1) is 3.79. The van der Waals surface area contributed by atoms with Crippen molar-refractivity contribution in [2.24, 2.45) is 0 Å². The first-order valence-electron chi connectivity index (χ1n) is 2.67. The van der Waals surface area contributed by atoms with Crippen LogP contribution in [0.25, 0.3) is 0 Å². The maximum atomic E-state index is 3.78. The molecule has 1 aromatic rings. The third-order valence-electron chi connectivity index (χ3n) is 1.08. The Morgan fingerprint density at radius 3 is 2.33 bits per heavy atom. The molecule has 0 aromatic heterocycles. The van der Waals surface area contributed by atoms with Crippen LogP contribution in [0.3, 0.4) is 0 Å². The minimum atomic E-state index is 0. The summed E-state index contributed by atoms with van der Waals surface area (Å²) >= 11 is 0. The van der Waals surface area contributed by atoms with Crippen molar-refractivity contribution in [3.05, 3.63) is 42.3 Å². The van der Waals surface area contributed by atoms with E-state index in [-0.39, 0.29) is 18.9 Å². The monoisotopic (exact) mass is 112 g/mol. The van der Waals surface area contributed by atoms with Crippen molar-refractivity contribution < 1.29 is 18.9 Å². The molecule has 0 amide bonds. The molecular weight excluding hydrogens is 103 g/mol. The van der Waals surface area contributed by atoms with Crippen LogP contribution in [0.4, 0.5) is 0 Å². The van der Waals surface area contributed by atoms with E-state index in [0.29, 0.717) is 0 Å². The first-order valence-corrected chi connectivity index (χ1v) is 2.67. The average Bonchev–Trinajstić information content (AvgIpc) is 1.64. The second-order valence-corrected chi connectivity index (χ2v) is 1.99. The summed E-state index contributed by atoms with van der Waals surface area (Å²) in [6.45, 7) is 5.85. The largest absolute Gasteiger partial charge is 1.00 e. The quantitative estimate of drug-likeness (QED) is 0.304. The van der Waals surface area contributed by atoms with Crippen molar-refractivity contribution >= 4 is 0 Å². The molecule has 1 heteroatoms. The Morgan fingerprint density at radius 1 is 1.33 bits per heavy atom. The summed E-state index contributed by atoms with van der Waals surface area (Å²) in [6, 6.07) is 8.12. The summed E-state index contributed by atoms with van der Waals surface area (Å²) in [7, 11) is 0. The summed E-state index contributed by atoms with van der Waals surface area (Å²) in [6.07, 6.45) is 0. The smallest absolute Gasteiger partial charge is 0.199 e. The fourth-order valence-corrected chi connectivity index (χ4v) is 0.712. The van der Waals surface area contributed by atoms with Gasteiger partial charge in [-0.05, 0) is 0 Å². The van der Waals surface area contributed by atoms with Gasteiger partial charge in [0, 0.05) is 0 Å². The molecule has 0 nitrogen and oxygen atoms in total. The van der Waals surface area contributed by atoms with Crippen molar-refractivity contribution in [1.82, 2.24) is 0 Å². The molecule has 1 aromatic carbocycles. The van der Waals surface area contributed by atoms with Gasteiger partial charge in [-0.2, -0.15) is 24.6 Å². The topological polar surface area (TPSA) is 0 Å². The van der Waals surface area contributed by atoms with E-state index in [1.165, 1.54) is 5.56 Å². The third kappa shape index (κ3) is 2.65. The molecule has 1 rings (SSSR count). The maximum absolute atomic E-state index is 3.78. The summed E-state index contributed by atoms with van der Waals surface area (Å²) in [5.41, 5.74) is 2.36. The first kappa shape index (κ1) is 8.69. The van der Waals surface area contributed by atoms with E-state index in [2.05, 4.69) is 26.0 Å². The summed E-state index contributed by atoms with van der Waals surface area (Å²) in [4.78, 5) is 0. The molecule has 0 N–H and O–H groups in total. The molecule has 0 saturated heterocycles. The van der Waals surface area contributed by atoms with Crippen LogP contribution in [0.5, 0.6) is 0 Å². The molecule has 0 spiro atoms. The number of hydrogen-bond acceptors (Lipinski definition) is 0. The van der Waals surface area contributed by atoms with E-state index in [4.69, 9.17) is 0 Å². The molecule has 0 heterocycles. The molecule has 0 aliphatic rings.